The van der Waals surface area contributed by atoms with Gasteiger partial charge in [-0.1, -0.05) is 72.3 Å². The molecule has 1 aromatic heterocycles. The monoisotopic (exact) mass is 687 g/mol. The van der Waals surface area contributed by atoms with Crippen molar-refractivity contribution in [3.8, 4) is 33.8 Å². The molecule has 50 heavy (non-hydrogen) atoms. The van der Waals surface area contributed by atoms with Crippen LogP contribution >= 0.6 is 11.6 Å². The standard InChI is InChI=1S/C41H38ClN3O5/c1-24-25(2)43-16-15-34(24)28-9-7-26(8-10-28)17-36(41(47)48-3)45-40(46)35-19-31-20-37-38(21-32(31)22-44-35)50-39(23-49-37)29-13-11-27(12-14-29)30-5-4-6-33(42)18-30/h4-16,18,20-21,35-36,39,44H,17,19,22-23H2,1-3H3,(H,45,46)/t35-,36-,39+/m0/s1. The van der Waals surface area contributed by atoms with E-state index in [0.29, 0.717) is 42.5 Å². The largest absolute Gasteiger partial charge is 0.485 e. The van der Waals surface area contributed by atoms with E-state index in [4.69, 9.17) is 25.8 Å². The molecule has 1 amide bonds. The van der Waals surface area contributed by atoms with Gasteiger partial charge >= 0.3 is 5.97 Å². The quantitative estimate of drug-likeness (QED) is 0.168. The molecule has 0 radical (unpaired) electrons. The molecule has 0 bridgehead atoms. The van der Waals surface area contributed by atoms with Crippen molar-refractivity contribution in [2.45, 2.75) is 51.4 Å². The van der Waals surface area contributed by atoms with Gasteiger partial charge in [-0.15, -0.1) is 0 Å². The molecule has 2 aliphatic rings. The van der Waals surface area contributed by atoms with Gasteiger partial charge in [-0.3, -0.25) is 9.78 Å². The van der Waals surface area contributed by atoms with Gasteiger partial charge in [0, 0.05) is 29.9 Å². The normalized spacial score (nSPS) is 17.0. The molecule has 0 unspecified atom stereocenters. The number of carbonyl (C=O) groups is 2. The highest BCUT2D eigenvalue weighted by Crippen LogP contribution is 2.40. The molecule has 0 saturated carbocycles. The van der Waals surface area contributed by atoms with Crippen LogP contribution in [0, 0.1) is 13.8 Å². The summed E-state index contributed by atoms with van der Waals surface area (Å²) in [7, 11) is 1.33. The second kappa shape index (κ2) is 14.4. The highest BCUT2D eigenvalue weighted by Gasteiger charge is 2.31. The minimum absolute atomic E-state index is 0.251. The summed E-state index contributed by atoms with van der Waals surface area (Å²) in [4.78, 5) is 30.7. The van der Waals surface area contributed by atoms with E-state index < -0.39 is 18.1 Å². The number of aromatic nitrogens is 1. The van der Waals surface area contributed by atoms with Crippen molar-refractivity contribution in [2.24, 2.45) is 0 Å². The number of aryl methyl sites for hydroxylation is 1. The van der Waals surface area contributed by atoms with E-state index in [-0.39, 0.29) is 12.0 Å². The Morgan fingerprint density at radius 3 is 2.46 bits per heavy atom. The van der Waals surface area contributed by atoms with Crippen LogP contribution in [0.2, 0.25) is 5.02 Å². The Morgan fingerprint density at radius 1 is 0.940 bits per heavy atom. The molecule has 2 N–H and O–H groups in total. The maximum Gasteiger partial charge on any atom is 0.328 e. The zero-order chi connectivity index (χ0) is 34.8. The summed E-state index contributed by atoms with van der Waals surface area (Å²) < 4.78 is 17.7. The molecule has 2 aliphatic heterocycles. The van der Waals surface area contributed by atoms with Crippen molar-refractivity contribution >= 4 is 23.5 Å². The molecule has 9 heteroatoms. The number of hydrogen-bond acceptors (Lipinski definition) is 7. The number of carbonyl (C=O) groups excluding carboxylic acids is 2. The van der Waals surface area contributed by atoms with E-state index in [1.165, 1.54) is 7.11 Å². The lowest BCUT2D eigenvalue weighted by molar-refractivity contribution is -0.145. The fraction of sp³-hybridized carbons (Fsp3) is 0.244. The fourth-order valence-corrected chi connectivity index (χ4v) is 6.80. The number of nitrogens with one attached hydrogen (secondary N) is 2. The first kappa shape index (κ1) is 33.3. The second-order valence-electron chi connectivity index (χ2n) is 12.8. The Balaban J connectivity index is 0.992. The van der Waals surface area contributed by atoms with Gasteiger partial charge in [-0.2, -0.15) is 0 Å². The third-order valence-corrected chi connectivity index (χ3v) is 9.84. The van der Waals surface area contributed by atoms with Crippen LogP contribution in [0.3, 0.4) is 0 Å². The number of amides is 1. The first-order valence-electron chi connectivity index (χ1n) is 16.7. The van der Waals surface area contributed by atoms with Crippen LogP contribution < -0.4 is 20.1 Å². The van der Waals surface area contributed by atoms with Crippen LogP contribution in [0.5, 0.6) is 11.5 Å². The van der Waals surface area contributed by atoms with Crippen LogP contribution in [-0.4, -0.2) is 42.7 Å². The van der Waals surface area contributed by atoms with Gasteiger partial charge in [0.05, 0.1) is 13.2 Å². The summed E-state index contributed by atoms with van der Waals surface area (Å²) in [5.74, 6) is 0.577. The van der Waals surface area contributed by atoms with Crippen LogP contribution in [-0.2, 0) is 33.7 Å². The topological polar surface area (TPSA) is 98.8 Å². The summed E-state index contributed by atoms with van der Waals surface area (Å²) in [5.41, 5.74) is 10.4. The number of ether oxygens (including phenoxy) is 3. The molecule has 4 aromatic carbocycles. The van der Waals surface area contributed by atoms with Gasteiger partial charge in [-0.05, 0) is 101 Å². The lowest BCUT2D eigenvalue weighted by atomic mass is 9.94. The molecular weight excluding hydrogens is 650 g/mol. The molecule has 0 fully saturated rings. The Kier molecular flexibility index (Phi) is 9.57. The Morgan fingerprint density at radius 2 is 1.70 bits per heavy atom. The van der Waals surface area contributed by atoms with Gasteiger partial charge in [0.1, 0.15) is 12.6 Å². The summed E-state index contributed by atoms with van der Waals surface area (Å²) in [6.07, 6.45) is 2.31. The molecule has 7 rings (SSSR count). The van der Waals surface area contributed by atoms with E-state index in [0.717, 1.165) is 55.8 Å². The van der Waals surface area contributed by atoms with Crippen LogP contribution in [0.1, 0.15) is 39.6 Å². The zero-order valence-electron chi connectivity index (χ0n) is 28.2. The number of hydrogen-bond donors (Lipinski definition) is 2. The number of nitrogens with zero attached hydrogens (tertiary/aromatic N) is 1. The molecule has 254 valence electrons. The number of fused-ring (bicyclic) bond motifs is 2. The molecule has 8 nitrogen and oxygen atoms in total. The van der Waals surface area contributed by atoms with Crippen LogP contribution in [0.15, 0.2) is 97.2 Å². The predicted molar refractivity (Wildman–Crippen MR) is 193 cm³/mol. The molecule has 5 aromatic rings. The first-order chi connectivity index (χ1) is 24.2. The number of halogens is 1. The SMILES string of the molecule is COC(=O)[C@H](Cc1ccc(-c2ccnc(C)c2C)cc1)NC(=O)[C@@H]1Cc2cc3c(cc2CN1)O[C@@H](c1ccc(-c2cccc(Cl)c2)cc1)CO3. The number of esters is 1. The third-order valence-electron chi connectivity index (χ3n) is 9.61. The van der Waals surface area contributed by atoms with Crippen molar-refractivity contribution in [1.29, 1.82) is 0 Å². The Bertz CT molecular complexity index is 2050. The average molecular weight is 688 g/mol. The lowest BCUT2D eigenvalue weighted by Crippen LogP contribution is -2.53. The van der Waals surface area contributed by atoms with Gasteiger partial charge in [0.25, 0.3) is 0 Å². The Hall–Kier alpha value is -5.18. The van der Waals surface area contributed by atoms with Gasteiger partial charge < -0.3 is 24.8 Å². The summed E-state index contributed by atoms with van der Waals surface area (Å²) >= 11 is 6.18. The lowest BCUT2D eigenvalue weighted by Gasteiger charge is -2.31. The molecule has 3 heterocycles. The van der Waals surface area contributed by atoms with Gasteiger partial charge in [0.15, 0.2) is 17.6 Å². The number of pyridine rings is 1. The first-order valence-corrected chi connectivity index (χ1v) is 17.1. The van der Waals surface area contributed by atoms with Gasteiger partial charge in [0.2, 0.25) is 5.91 Å². The van der Waals surface area contributed by atoms with Gasteiger partial charge in [-0.25, -0.2) is 4.79 Å². The van der Waals surface area contributed by atoms with E-state index in [9.17, 15) is 9.59 Å². The minimum Gasteiger partial charge on any atom is -0.485 e. The zero-order valence-corrected chi connectivity index (χ0v) is 28.9. The van der Waals surface area contributed by atoms with Crippen LogP contribution in [0.4, 0.5) is 0 Å². The van der Waals surface area contributed by atoms with E-state index in [2.05, 4.69) is 46.8 Å². The van der Waals surface area contributed by atoms with Crippen LogP contribution in [0.25, 0.3) is 22.3 Å². The molecule has 0 saturated heterocycles. The molecule has 0 aliphatic carbocycles. The van der Waals surface area contributed by atoms with Crippen molar-refractivity contribution in [2.75, 3.05) is 13.7 Å². The number of rotatable bonds is 8. The minimum atomic E-state index is -0.830. The molecule has 0 spiro atoms. The third kappa shape index (κ3) is 7.08. The second-order valence-corrected chi connectivity index (χ2v) is 13.2. The van der Waals surface area contributed by atoms with E-state index >= 15 is 0 Å². The van der Waals surface area contributed by atoms with Crippen molar-refractivity contribution < 1.29 is 23.8 Å². The summed E-state index contributed by atoms with van der Waals surface area (Å²) in [6, 6.07) is 28.6. The highest BCUT2D eigenvalue weighted by molar-refractivity contribution is 6.30. The molecular formula is C41H38ClN3O5. The average Bonchev–Trinajstić information content (AvgIpc) is 3.14. The smallest absolute Gasteiger partial charge is 0.328 e. The number of methoxy groups -OCH3 is 1. The number of benzene rings is 4. The maximum absolute atomic E-state index is 13.5. The van der Waals surface area contributed by atoms with Crippen molar-refractivity contribution in [3.63, 3.8) is 0 Å². The fourth-order valence-electron chi connectivity index (χ4n) is 6.61. The van der Waals surface area contributed by atoms with E-state index in [1.807, 2.05) is 79.9 Å². The molecule has 3 atom stereocenters. The summed E-state index contributed by atoms with van der Waals surface area (Å²) in [6.45, 7) is 4.89. The summed E-state index contributed by atoms with van der Waals surface area (Å²) in [5, 5.41) is 6.97. The van der Waals surface area contributed by atoms with Crippen molar-refractivity contribution in [1.82, 2.24) is 15.6 Å². The highest BCUT2D eigenvalue weighted by atomic mass is 35.5. The Labute approximate surface area is 296 Å². The predicted octanol–water partition coefficient (Wildman–Crippen LogP) is 7.11. The maximum atomic E-state index is 13.5. The van der Waals surface area contributed by atoms with E-state index in [1.54, 1.807) is 0 Å². The van der Waals surface area contributed by atoms with Crippen molar-refractivity contribution in [3.05, 3.63) is 136 Å².